The number of amides is 2. The number of benzene rings is 1. The highest BCUT2D eigenvalue weighted by Crippen LogP contribution is 2.21. The van der Waals surface area contributed by atoms with E-state index in [1.54, 1.807) is 29.9 Å². The number of hydrogen-bond donors (Lipinski definition) is 4. The number of carbonyl (C=O) groups excluding carboxylic acids is 2. The number of unbranched alkanes of at least 4 members (excludes halogenated alkanes) is 1. The molecule has 1 aromatic carbocycles. The van der Waals surface area contributed by atoms with E-state index >= 15 is 0 Å². The zero-order valence-corrected chi connectivity index (χ0v) is 17.0. The molecular weight excluding hydrogens is 445 g/mol. The predicted molar refractivity (Wildman–Crippen MR) is 112 cm³/mol. The van der Waals surface area contributed by atoms with Gasteiger partial charge in [0.2, 0.25) is 5.91 Å². The molecule has 0 unspecified atom stereocenters. The molecule has 0 aliphatic rings. The lowest BCUT2D eigenvalue weighted by Gasteiger charge is -2.28. The van der Waals surface area contributed by atoms with Crippen LogP contribution in [0.5, 0.6) is 0 Å². The van der Waals surface area contributed by atoms with E-state index in [1.807, 2.05) is 30.5 Å². The van der Waals surface area contributed by atoms with E-state index in [4.69, 9.17) is 11.5 Å². The van der Waals surface area contributed by atoms with Gasteiger partial charge >= 0.3 is 0 Å². The van der Waals surface area contributed by atoms with E-state index in [2.05, 4.69) is 8.51 Å². The van der Waals surface area contributed by atoms with Crippen LogP contribution in [0.25, 0.3) is 10.9 Å². The summed E-state index contributed by atoms with van der Waals surface area (Å²) in [4.78, 5) is 29.8. The Morgan fingerprint density at radius 2 is 2.04 bits per heavy atom. The molecule has 2 atom stereocenters. The van der Waals surface area contributed by atoms with Crippen LogP contribution in [0.3, 0.4) is 0 Å². The lowest BCUT2D eigenvalue weighted by Crippen LogP contribution is -2.52. The second kappa shape index (κ2) is 9.89. The minimum Gasteiger partial charge on any atom is -0.361 e. The number of aromatic amines is 1. The van der Waals surface area contributed by atoms with E-state index in [0.717, 1.165) is 29.3 Å². The molecule has 2 aromatic rings. The predicted octanol–water partition coefficient (Wildman–Crippen LogP) is 1.46. The standard InChI is InChI=1S/C18H26IN5O2/c1-24(18(26)14(21)7-4-5-9-20)16(17(25)23-19)10-12-11-22-15-8-3-2-6-13(12)15/h2-3,6,8,11,14,16,22H,4-5,7,9-10,20-21H2,1H3,(H,23,25)/t14-,16-/m0/s1. The van der Waals surface area contributed by atoms with Crippen molar-refractivity contribution in [2.75, 3.05) is 13.6 Å². The number of likely N-dealkylation sites (N-methyl/N-ethyl adjacent to an activating group) is 1. The van der Waals surface area contributed by atoms with Crippen molar-refractivity contribution in [3.05, 3.63) is 36.0 Å². The van der Waals surface area contributed by atoms with E-state index < -0.39 is 12.1 Å². The smallest absolute Gasteiger partial charge is 0.251 e. The number of halogens is 1. The Hall–Kier alpha value is -1.65. The van der Waals surface area contributed by atoms with Crippen molar-refractivity contribution in [1.29, 1.82) is 0 Å². The van der Waals surface area contributed by atoms with Crippen LogP contribution in [-0.2, 0) is 16.0 Å². The maximum atomic E-state index is 12.7. The monoisotopic (exact) mass is 471 g/mol. The van der Waals surface area contributed by atoms with Crippen molar-refractivity contribution in [2.45, 2.75) is 37.8 Å². The van der Waals surface area contributed by atoms with Crippen LogP contribution in [-0.4, -0.2) is 47.4 Å². The molecule has 1 heterocycles. The maximum Gasteiger partial charge on any atom is 0.251 e. The summed E-state index contributed by atoms with van der Waals surface area (Å²) in [5.74, 6) is -0.451. The van der Waals surface area contributed by atoms with Crippen LogP contribution >= 0.6 is 22.9 Å². The molecule has 0 aliphatic heterocycles. The van der Waals surface area contributed by atoms with Crippen molar-refractivity contribution >= 4 is 45.6 Å². The highest BCUT2D eigenvalue weighted by molar-refractivity contribution is 14.1. The fourth-order valence-electron chi connectivity index (χ4n) is 3.02. The highest BCUT2D eigenvalue weighted by atomic mass is 127. The second-order valence-electron chi connectivity index (χ2n) is 6.38. The summed E-state index contributed by atoms with van der Waals surface area (Å²) in [6, 6.07) is 6.64. The molecule has 1 aromatic heterocycles. The molecule has 0 spiro atoms. The number of hydrogen-bond acceptors (Lipinski definition) is 4. The van der Waals surface area contributed by atoms with Gasteiger partial charge in [0, 0.05) is 30.6 Å². The lowest BCUT2D eigenvalue weighted by molar-refractivity contribution is -0.139. The number of H-pyrrole nitrogens is 1. The molecule has 7 nitrogen and oxygen atoms in total. The molecule has 2 rings (SSSR count). The van der Waals surface area contributed by atoms with Gasteiger partial charge in [0.25, 0.3) is 5.91 Å². The van der Waals surface area contributed by atoms with Gasteiger partial charge in [-0.2, -0.15) is 0 Å². The normalized spacial score (nSPS) is 13.4. The highest BCUT2D eigenvalue weighted by Gasteiger charge is 2.30. The number of aromatic nitrogens is 1. The fraction of sp³-hybridized carbons (Fsp3) is 0.444. The lowest BCUT2D eigenvalue weighted by atomic mass is 10.0. The Labute approximate surface area is 167 Å². The average molecular weight is 471 g/mol. The first kappa shape index (κ1) is 20.7. The Morgan fingerprint density at radius 1 is 1.31 bits per heavy atom. The molecule has 0 saturated heterocycles. The molecule has 26 heavy (non-hydrogen) atoms. The van der Waals surface area contributed by atoms with E-state index in [-0.39, 0.29) is 11.8 Å². The average Bonchev–Trinajstić information content (AvgIpc) is 3.07. The number of nitrogens with one attached hydrogen (secondary N) is 2. The van der Waals surface area contributed by atoms with Crippen molar-refractivity contribution < 1.29 is 9.59 Å². The van der Waals surface area contributed by atoms with Gasteiger partial charge in [0.15, 0.2) is 0 Å². The van der Waals surface area contributed by atoms with Crippen LogP contribution < -0.4 is 15.0 Å². The summed E-state index contributed by atoms with van der Waals surface area (Å²) in [6.07, 6.45) is 4.49. The van der Waals surface area contributed by atoms with Gasteiger partial charge < -0.3 is 21.4 Å². The number of nitrogens with two attached hydrogens (primary N) is 2. The van der Waals surface area contributed by atoms with E-state index in [1.165, 1.54) is 4.90 Å². The summed E-state index contributed by atoms with van der Waals surface area (Å²) in [7, 11) is 1.64. The van der Waals surface area contributed by atoms with Crippen LogP contribution in [0.1, 0.15) is 24.8 Å². The Bertz CT molecular complexity index is 748. The quantitative estimate of drug-likeness (QED) is 0.252. The molecular formula is C18H26IN5O2. The third kappa shape index (κ3) is 4.95. The summed E-state index contributed by atoms with van der Waals surface area (Å²) in [5, 5.41) is 1.05. The minimum atomic E-state index is -0.626. The first-order valence-electron chi connectivity index (χ1n) is 8.67. The van der Waals surface area contributed by atoms with Crippen LogP contribution in [0.2, 0.25) is 0 Å². The third-order valence-electron chi connectivity index (χ3n) is 4.59. The zero-order valence-electron chi connectivity index (χ0n) is 14.9. The molecule has 2 amide bonds. The van der Waals surface area contributed by atoms with E-state index in [0.29, 0.717) is 19.4 Å². The third-order valence-corrected chi connectivity index (χ3v) is 5.12. The summed E-state index contributed by atoms with van der Waals surface area (Å²) < 4.78 is 2.62. The maximum absolute atomic E-state index is 12.7. The molecule has 0 fully saturated rings. The minimum absolute atomic E-state index is 0.221. The SMILES string of the molecule is CN(C(=O)[C@@H](N)CCCCN)[C@@H](Cc1c[nH]c2ccccc12)C(=O)NI. The number of para-hydroxylation sites is 1. The van der Waals surface area contributed by atoms with Gasteiger partial charge in [0.1, 0.15) is 6.04 Å². The van der Waals surface area contributed by atoms with Gasteiger partial charge in [-0.25, -0.2) is 0 Å². The Balaban J connectivity index is 2.16. The first-order chi connectivity index (χ1) is 12.5. The molecule has 6 N–H and O–H groups in total. The Kier molecular flexibility index (Phi) is 7.85. The van der Waals surface area contributed by atoms with Crippen LogP contribution in [0.15, 0.2) is 30.5 Å². The fourth-order valence-corrected chi connectivity index (χ4v) is 3.38. The van der Waals surface area contributed by atoms with Crippen LogP contribution in [0, 0.1) is 0 Å². The number of rotatable bonds is 9. The van der Waals surface area contributed by atoms with Crippen molar-refractivity contribution in [2.24, 2.45) is 11.5 Å². The summed E-state index contributed by atoms with van der Waals surface area (Å²) in [6.45, 7) is 0.581. The Morgan fingerprint density at radius 3 is 2.73 bits per heavy atom. The van der Waals surface area contributed by atoms with Crippen LogP contribution in [0.4, 0.5) is 0 Å². The zero-order chi connectivity index (χ0) is 19.1. The van der Waals surface area contributed by atoms with Gasteiger partial charge in [0.05, 0.1) is 28.9 Å². The number of nitrogens with zero attached hydrogens (tertiary/aromatic N) is 1. The molecule has 142 valence electrons. The topological polar surface area (TPSA) is 117 Å². The molecule has 0 radical (unpaired) electrons. The molecule has 0 saturated carbocycles. The van der Waals surface area contributed by atoms with Gasteiger partial charge in [-0.1, -0.05) is 24.6 Å². The van der Waals surface area contributed by atoms with Gasteiger partial charge in [-0.05, 0) is 31.0 Å². The summed E-state index contributed by atoms with van der Waals surface area (Å²) in [5.41, 5.74) is 13.5. The second-order valence-corrected chi connectivity index (χ2v) is 6.92. The van der Waals surface area contributed by atoms with Crippen molar-refractivity contribution in [1.82, 2.24) is 13.4 Å². The number of carbonyl (C=O) groups is 2. The molecule has 0 bridgehead atoms. The first-order valence-corrected chi connectivity index (χ1v) is 9.75. The largest absolute Gasteiger partial charge is 0.361 e. The van der Waals surface area contributed by atoms with Crippen molar-refractivity contribution in [3.63, 3.8) is 0 Å². The van der Waals surface area contributed by atoms with Gasteiger partial charge in [-0.15, -0.1) is 0 Å². The molecule has 8 heteroatoms. The van der Waals surface area contributed by atoms with E-state index in [9.17, 15) is 9.59 Å². The summed E-state index contributed by atoms with van der Waals surface area (Å²) >= 11 is 1.80. The number of fused-ring (bicyclic) bond motifs is 1. The van der Waals surface area contributed by atoms with Crippen molar-refractivity contribution in [3.8, 4) is 0 Å². The van der Waals surface area contributed by atoms with Gasteiger partial charge in [-0.3, -0.25) is 13.1 Å². The molecule has 0 aliphatic carbocycles.